The zero-order valence-electron chi connectivity index (χ0n) is 49.6. The summed E-state index contributed by atoms with van der Waals surface area (Å²) in [5.74, 6) is -6.54. The van der Waals surface area contributed by atoms with Gasteiger partial charge in [-0.05, 0) is 81.9 Å². The number of rotatable bonds is 23. The molecule has 0 fully saturated rings. The number of carbonyl (C=O) groups excluding carboxylic acids is 5. The minimum Gasteiger partial charge on any atom is -0.503 e. The number of carboxylic acid groups (broad SMARTS) is 1. The van der Waals surface area contributed by atoms with Crippen LogP contribution in [0, 0.1) is 23.3 Å². The van der Waals surface area contributed by atoms with Crippen LogP contribution in [0.3, 0.4) is 0 Å². The second-order valence-corrected chi connectivity index (χ2v) is 19.3. The van der Waals surface area contributed by atoms with Crippen LogP contribution in [0.1, 0.15) is 96.3 Å². The Morgan fingerprint density at radius 3 is 1.02 bits per heavy atom. The Morgan fingerprint density at radius 1 is 0.391 bits per heavy atom. The first-order chi connectivity index (χ1) is 44.4. The zero-order chi connectivity index (χ0) is 66.1. The van der Waals surface area contributed by atoms with Gasteiger partial charge in [0, 0.05) is 44.4 Å². The Morgan fingerprint density at radius 2 is 0.696 bits per heavy atom. The van der Waals surface area contributed by atoms with Gasteiger partial charge in [-0.25, -0.2) is 42.1 Å². The van der Waals surface area contributed by atoms with Gasteiger partial charge in [-0.3, -0.25) is 19.2 Å². The van der Waals surface area contributed by atoms with E-state index in [0.717, 1.165) is 11.1 Å². The molecule has 92 heavy (non-hydrogen) atoms. The van der Waals surface area contributed by atoms with Gasteiger partial charge in [0.1, 0.15) is 53.6 Å². The number of hydrogen-bond acceptors (Lipinski definition) is 16. The zero-order valence-corrected chi connectivity index (χ0v) is 49.6. The van der Waals surface area contributed by atoms with Crippen molar-refractivity contribution in [3.05, 3.63) is 267 Å². The van der Waals surface area contributed by atoms with Crippen molar-refractivity contribution in [1.82, 2.24) is 36.2 Å². The molecule has 0 unspecified atom stereocenters. The summed E-state index contributed by atoms with van der Waals surface area (Å²) in [6.07, 6.45) is 0. The van der Waals surface area contributed by atoms with Gasteiger partial charge < -0.3 is 59.9 Å². The number of hydrogen-bond donors (Lipinski definition) is 6. The van der Waals surface area contributed by atoms with E-state index in [-0.39, 0.29) is 103 Å². The summed E-state index contributed by atoms with van der Waals surface area (Å²) in [4.78, 5) is 86.2. The maximum absolute atomic E-state index is 13.0. The minimum absolute atomic E-state index is 0.0496. The number of aromatic hydroxyl groups is 1. The summed E-state index contributed by atoms with van der Waals surface area (Å²) in [5, 5.41) is 30.3. The van der Waals surface area contributed by atoms with Crippen molar-refractivity contribution in [3.63, 3.8) is 0 Å². The molecule has 0 spiro atoms. The number of aromatic nitrogens is 3. The molecule has 4 amide bonds. The summed E-state index contributed by atoms with van der Waals surface area (Å²) < 4.78 is 83.9. The maximum atomic E-state index is 13.0. The number of carboxylic acids is 1. The second kappa shape index (κ2) is 33.5. The molecule has 0 aliphatic rings. The van der Waals surface area contributed by atoms with Gasteiger partial charge in [-0.15, -0.1) is 0 Å². The van der Waals surface area contributed by atoms with Gasteiger partial charge >= 0.3 is 11.9 Å². The number of nitrogens with zero attached hydrogens (tertiary/aromatic N) is 3. The van der Waals surface area contributed by atoms with E-state index in [0.29, 0.717) is 22.3 Å². The molecule has 3 heterocycles. The van der Waals surface area contributed by atoms with Gasteiger partial charge in [0.2, 0.25) is 0 Å². The molecular weight excluding hydrogens is 1200 g/mol. The van der Waals surface area contributed by atoms with Crippen molar-refractivity contribution in [3.8, 4) is 34.5 Å². The molecule has 0 saturated heterocycles. The molecule has 474 valence electrons. The molecule has 0 atom stereocenters. The Bertz CT molecular complexity index is 4010. The van der Waals surface area contributed by atoms with E-state index in [1.165, 1.54) is 132 Å². The first-order valence-electron chi connectivity index (χ1n) is 27.6. The number of halogens is 4. The lowest BCUT2D eigenvalue weighted by atomic mass is 10.2. The Labute approximate surface area is 523 Å². The summed E-state index contributed by atoms with van der Waals surface area (Å²) >= 11 is 0. The molecule has 9 rings (SSSR count). The normalized spacial score (nSPS) is 10.3. The lowest BCUT2D eigenvalue weighted by Gasteiger charge is -2.15. The minimum atomic E-state index is -1.36. The summed E-state index contributed by atoms with van der Waals surface area (Å²) in [6, 6.07) is 44.9. The smallest absolute Gasteiger partial charge is 0.360 e. The third-order valence-electron chi connectivity index (χ3n) is 12.9. The Balaban J connectivity index is 0.000000196. The lowest BCUT2D eigenvalue weighted by Crippen LogP contribution is -2.27. The highest BCUT2D eigenvalue weighted by Crippen LogP contribution is 2.34. The molecular formula is C67H59F4N7O14. The van der Waals surface area contributed by atoms with Crippen LogP contribution < -0.4 is 45.0 Å². The van der Waals surface area contributed by atoms with Crippen molar-refractivity contribution in [2.45, 2.75) is 39.4 Å². The first-order valence-corrected chi connectivity index (χ1v) is 27.6. The van der Waals surface area contributed by atoms with Gasteiger partial charge in [0.15, 0.2) is 51.6 Å². The molecule has 0 bridgehead atoms. The predicted molar refractivity (Wildman–Crippen MR) is 324 cm³/mol. The topological polar surface area (TPSA) is 285 Å². The number of nitrogens with one attached hydrogen (secondary N) is 4. The molecule has 6 aromatic carbocycles. The van der Waals surface area contributed by atoms with Crippen LogP contribution in [-0.2, 0) is 44.1 Å². The highest BCUT2D eigenvalue weighted by Gasteiger charge is 2.27. The van der Waals surface area contributed by atoms with Crippen molar-refractivity contribution < 1.29 is 85.0 Å². The van der Waals surface area contributed by atoms with E-state index in [9.17, 15) is 56.5 Å². The molecule has 3 aromatic heterocycles. The predicted octanol–water partition coefficient (Wildman–Crippen LogP) is 9.90. The number of benzene rings is 6. The van der Waals surface area contributed by atoms with E-state index in [1.807, 2.05) is 60.7 Å². The monoisotopic (exact) mass is 1260 g/mol. The molecule has 0 saturated carbocycles. The van der Waals surface area contributed by atoms with Gasteiger partial charge in [0.25, 0.3) is 23.6 Å². The third kappa shape index (κ3) is 19.6. The fraction of sp³-hybridized carbons (Fsp3) is 0.149. The first kappa shape index (κ1) is 67.6. The third-order valence-corrected chi connectivity index (χ3v) is 12.9. The van der Waals surface area contributed by atoms with E-state index in [2.05, 4.69) is 36.2 Å². The fourth-order valence-corrected chi connectivity index (χ4v) is 8.11. The largest absolute Gasteiger partial charge is 0.503 e. The summed E-state index contributed by atoms with van der Waals surface area (Å²) in [5.41, 5.74) is 3.05. The van der Waals surface area contributed by atoms with Crippen molar-refractivity contribution >= 4 is 35.6 Å². The quantitative estimate of drug-likeness (QED) is 0.0256. The highest BCUT2D eigenvalue weighted by atomic mass is 19.1. The maximum Gasteiger partial charge on any atom is 0.360 e. The Kier molecular flexibility index (Phi) is 24.6. The molecule has 25 heteroatoms. The number of methoxy groups -OCH3 is 4. The van der Waals surface area contributed by atoms with E-state index >= 15 is 0 Å². The lowest BCUT2D eigenvalue weighted by molar-refractivity contribution is 0.0585. The summed E-state index contributed by atoms with van der Waals surface area (Å²) in [6.45, 7) is 0.717. The molecule has 0 radical (unpaired) electrons. The van der Waals surface area contributed by atoms with E-state index in [4.69, 9.17) is 28.4 Å². The van der Waals surface area contributed by atoms with Crippen LogP contribution in [0.2, 0.25) is 0 Å². The SMILES string of the molecule is COC(=O)c1nc(C(=O)NCc2ccc(F)cc2)cc(OC)c1OCc1ccccc1.COc1cc(C(=O)NCc2ccc(F)cc2)nc(C(=O)NCc2ccc(F)cc2)c1O.COc1cc(C(=O)NCc2ccc(F)cc2)nc(C(=O)O)c1OCc1ccccc1. The van der Waals surface area contributed by atoms with Gasteiger partial charge in [0.05, 0.1) is 28.4 Å². The Hall–Kier alpha value is -11.9. The number of ether oxygens (including phenoxy) is 6. The van der Waals surface area contributed by atoms with Gasteiger partial charge in [-0.1, -0.05) is 109 Å². The molecule has 9 aromatic rings. The molecule has 21 nitrogen and oxygen atoms in total. The van der Waals surface area contributed by atoms with Crippen molar-refractivity contribution in [2.75, 3.05) is 28.4 Å². The fourth-order valence-electron chi connectivity index (χ4n) is 8.11. The number of aromatic carboxylic acids is 1. The highest BCUT2D eigenvalue weighted by molar-refractivity contribution is 6.00. The van der Waals surface area contributed by atoms with Gasteiger partial charge in [-0.2, -0.15) is 0 Å². The van der Waals surface area contributed by atoms with Crippen LogP contribution in [0.4, 0.5) is 17.6 Å². The van der Waals surface area contributed by atoms with Crippen LogP contribution in [0.15, 0.2) is 176 Å². The second-order valence-electron chi connectivity index (χ2n) is 19.3. The van der Waals surface area contributed by atoms with Crippen LogP contribution in [0.5, 0.6) is 34.5 Å². The van der Waals surface area contributed by atoms with Crippen molar-refractivity contribution in [2.24, 2.45) is 0 Å². The number of amides is 4. The average Bonchev–Trinajstić information content (AvgIpc) is 0.844. The standard InChI is InChI=1S/C23H21FN2O5.C22H19F2N3O4.C22H19FN2O5/c1-29-19-12-18(22(27)25-13-15-8-10-17(24)11-9-15)26-20(23(28)30-2)21(19)31-14-16-6-4-3-5-7-16;1-31-18-10-17(21(29)25-11-13-2-6-15(23)7-3-13)27-19(20(18)28)22(30)26-12-14-4-8-16(24)9-5-14;1-29-18-11-17(21(26)24-12-14-7-9-16(23)10-8-14)25-19(22(27)28)20(18)30-13-15-5-3-2-4-6-15/h3-12H,13-14H2,1-2H3,(H,25,27);2-10,28H,11-12H2,1H3,(H,25,29)(H,26,30);2-11H,12-13H2,1H3,(H,24,26)(H,27,28). The van der Waals surface area contributed by atoms with Crippen LogP contribution in [-0.4, -0.2) is 89.2 Å². The average molecular weight is 1260 g/mol. The molecule has 0 aliphatic heterocycles. The number of pyridine rings is 3. The number of esters is 1. The summed E-state index contributed by atoms with van der Waals surface area (Å²) in [7, 11) is 5.22. The van der Waals surface area contributed by atoms with Crippen LogP contribution in [0.25, 0.3) is 0 Å². The number of carbonyl (C=O) groups is 6. The molecule has 0 aliphatic carbocycles. The van der Waals surface area contributed by atoms with E-state index < -0.39 is 64.3 Å². The van der Waals surface area contributed by atoms with Crippen LogP contribution >= 0.6 is 0 Å². The van der Waals surface area contributed by atoms with Crippen molar-refractivity contribution in [1.29, 1.82) is 0 Å². The van der Waals surface area contributed by atoms with E-state index in [1.54, 1.807) is 12.1 Å². The molecule has 6 N–H and O–H groups in total.